The Morgan fingerprint density at radius 2 is 2.18 bits per heavy atom. The Morgan fingerprint density at radius 3 is 2.65 bits per heavy atom. The van der Waals surface area contributed by atoms with Gasteiger partial charge in [-0.1, -0.05) is 0 Å². The Bertz CT molecular complexity index is 448. The molecule has 0 aliphatic carbocycles. The van der Waals surface area contributed by atoms with Gasteiger partial charge in [0.2, 0.25) is 0 Å². The van der Waals surface area contributed by atoms with E-state index in [0.29, 0.717) is 6.54 Å². The number of nitro groups is 1. The van der Waals surface area contributed by atoms with Crippen molar-refractivity contribution in [3.05, 3.63) is 33.9 Å². The van der Waals surface area contributed by atoms with Crippen LogP contribution in [0.1, 0.15) is 12.5 Å². The van der Waals surface area contributed by atoms with Crippen molar-refractivity contribution in [3.8, 4) is 0 Å². The van der Waals surface area contributed by atoms with Gasteiger partial charge in [-0.3, -0.25) is 14.3 Å². The minimum atomic E-state index is -0.873. The Labute approximate surface area is 103 Å². The SMILES string of the molecule is Cc1cc([N+](=O)[O-])ccc1NCC(C)S(C)=O. The van der Waals surface area contributed by atoms with E-state index in [4.69, 9.17) is 0 Å². The van der Waals surface area contributed by atoms with Crippen molar-refractivity contribution < 1.29 is 9.13 Å². The first-order valence-corrected chi connectivity index (χ1v) is 6.85. The maximum atomic E-state index is 11.2. The van der Waals surface area contributed by atoms with Crippen LogP contribution in [-0.4, -0.2) is 27.2 Å². The quantitative estimate of drug-likeness (QED) is 0.646. The summed E-state index contributed by atoms with van der Waals surface area (Å²) in [5, 5.41) is 13.8. The van der Waals surface area contributed by atoms with E-state index in [0.717, 1.165) is 11.3 Å². The molecule has 2 unspecified atom stereocenters. The second kappa shape index (κ2) is 5.77. The smallest absolute Gasteiger partial charge is 0.269 e. The summed E-state index contributed by atoms with van der Waals surface area (Å²) < 4.78 is 11.2. The summed E-state index contributed by atoms with van der Waals surface area (Å²) in [5.41, 5.74) is 1.74. The van der Waals surface area contributed by atoms with E-state index in [1.54, 1.807) is 12.3 Å². The zero-order valence-corrected chi connectivity index (χ0v) is 10.9. The molecule has 5 nitrogen and oxygen atoms in total. The van der Waals surface area contributed by atoms with Crippen LogP contribution >= 0.6 is 0 Å². The van der Waals surface area contributed by atoms with Crippen molar-refractivity contribution in [3.63, 3.8) is 0 Å². The van der Waals surface area contributed by atoms with Crippen molar-refractivity contribution in [2.75, 3.05) is 18.1 Å². The molecule has 2 atom stereocenters. The number of rotatable bonds is 5. The van der Waals surface area contributed by atoms with E-state index in [2.05, 4.69) is 5.32 Å². The average Bonchev–Trinajstić information content (AvgIpc) is 2.26. The maximum Gasteiger partial charge on any atom is 0.269 e. The maximum absolute atomic E-state index is 11.2. The first-order valence-electron chi connectivity index (χ1n) is 5.23. The van der Waals surface area contributed by atoms with Gasteiger partial charge >= 0.3 is 0 Å². The van der Waals surface area contributed by atoms with Crippen LogP contribution in [0.5, 0.6) is 0 Å². The molecule has 17 heavy (non-hydrogen) atoms. The molecular weight excluding hydrogens is 240 g/mol. The summed E-state index contributed by atoms with van der Waals surface area (Å²) in [7, 11) is -0.873. The molecule has 0 heterocycles. The molecule has 0 aromatic heterocycles. The lowest BCUT2D eigenvalue weighted by Crippen LogP contribution is -2.20. The molecule has 1 N–H and O–H groups in total. The lowest BCUT2D eigenvalue weighted by atomic mass is 10.2. The Balaban J connectivity index is 2.73. The van der Waals surface area contributed by atoms with E-state index in [1.807, 2.05) is 13.8 Å². The van der Waals surface area contributed by atoms with Gasteiger partial charge in [-0.2, -0.15) is 0 Å². The number of nitrogens with zero attached hydrogens (tertiary/aromatic N) is 1. The summed E-state index contributed by atoms with van der Waals surface area (Å²) in [6, 6.07) is 4.66. The number of anilines is 1. The van der Waals surface area contributed by atoms with Crippen LogP contribution < -0.4 is 5.32 Å². The Morgan fingerprint density at radius 1 is 1.53 bits per heavy atom. The van der Waals surface area contributed by atoms with Crippen molar-refractivity contribution >= 4 is 22.2 Å². The van der Waals surface area contributed by atoms with Crippen LogP contribution in [0.2, 0.25) is 0 Å². The van der Waals surface area contributed by atoms with Gasteiger partial charge in [-0.05, 0) is 25.5 Å². The van der Waals surface area contributed by atoms with Crippen LogP contribution in [0.25, 0.3) is 0 Å². The fourth-order valence-electron chi connectivity index (χ4n) is 1.33. The Hall–Kier alpha value is -1.43. The molecule has 0 bridgehead atoms. The predicted octanol–water partition coefficient (Wildman–Crippen LogP) is 2.08. The lowest BCUT2D eigenvalue weighted by molar-refractivity contribution is -0.384. The van der Waals surface area contributed by atoms with Gasteiger partial charge < -0.3 is 5.32 Å². The zero-order chi connectivity index (χ0) is 13.0. The van der Waals surface area contributed by atoms with Crippen LogP contribution in [0.3, 0.4) is 0 Å². The molecule has 1 aromatic carbocycles. The van der Waals surface area contributed by atoms with E-state index >= 15 is 0 Å². The van der Waals surface area contributed by atoms with E-state index in [9.17, 15) is 14.3 Å². The van der Waals surface area contributed by atoms with Gasteiger partial charge in [-0.15, -0.1) is 0 Å². The fraction of sp³-hybridized carbons (Fsp3) is 0.455. The molecule has 94 valence electrons. The molecule has 0 fully saturated rings. The van der Waals surface area contributed by atoms with E-state index < -0.39 is 15.7 Å². The van der Waals surface area contributed by atoms with E-state index in [-0.39, 0.29) is 10.9 Å². The average molecular weight is 256 g/mol. The first-order chi connectivity index (χ1) is 7.91. The summed E-state index contributed by atoms with van der Waals surface area (Å²) >= 11 is 0. The molecule has 1 aromatic rings. The zero-order valence-electron chi connectivity index (χ0n) is 10.1. The third-order valence-electron chi connectivity index (χ3n) is 2.57. The highest BCUT2D eigenvalue weighted by Gasteiger charge is 2.10. The minimum absolute atomic E-state index is 0.0459. The van der Waals surface area contributed by atoms with Crippen LogP contribution in [0.15, 0.2) is 18.2 Å². The summed E-state index contributed by atoms with van der Waals surface area (Å²) in [4.78, 5) is 10.1. The van der Waals surface area contributed by atoms with Gasteiger partial charge in [-0.25, -0.2) is 0 Å². The number of non-ortho nitro benzene ring substituents is 1. The highest BCUT2D eigenvalue weighted by Crippen LogP contribution is 2.21. The number of hydrogen-bond acceptors (Lipinski definition) is 4. The summed E-state index contributed by atoms with van der Waals surface area (Å²) in [6.45, 7) is 4.29. The molecule has 0 radical (unpaired) electrons. The number of aryl methyl sites for hydroxylation is 1. The van der Waals surface area contributed by atoms with E-state index in [1.165, 1.54) is 12.1 Å². The molecule has 0 saturated carbocycles. The predicted molar refractivity (Wildman–Crippen MR) is 69.9 cm³/mol. The molecule has 0 aliphatic heterocycles. The highest BCUT2D eigenvalue weighted by atomic mass is 32.2. The van der Waals surface area contributed by atoms with Crippen LogP contribution in [0.4, 0.5) is 11.4 Å². The molecule has 0 amide bonds. The van der Waals surface area contributed by atoms with Gasteiger partial charge in [0.25, 0.3) is 5.69 Å². The molecule has 1 rings (SSSR count). The number of nitro benzene ring substituents is 1. The Kier molecular flexibility index (Phi) is 4.62. The number of hydrogen-bond donors (Lipinski definition) is 1. The molecular formula is C11H16N2O3S. The fourth-order valence-corrected chi connectivity index (χ4v) is 1.65. The summed E-state index contributed by atoms with van der Waals surface area (Å²) in [5.74, 6) is 0. The lowest BCUT2D eigenvalue weighted by Gasteiger charge is -2.12. The van der Waals surface area contributed by atoms with Crippen LogP contribution in [0, 0.1) is 17.0 Å². The van der Waals surface area contributed by atoms with Gasteiger partial charge in [0, 0.05) is 46.7 Å². The summed E-state index contributed by atoms with van der Waals surface area (Å²) in [6.07, 6.45) is 1.66. The topological polar surface area (TPSA) is 72.2 Å². The second-order valence-corrected chi connectivity index (χ2v) is 5.75. The number of nitrogens with one attached hydrogen (secondary N) is 1. The third-order valence-corrected chi connectivity index (χ3v) is 3.87. The third kappa shape index (κ3) is 3.81. The first kappa shape index (κ1) is 13.6. The van der Waals surface area contributed by atoms with Crippen molar-refractivity contribution in [2.24, 2.45) is 0 Å². The van der Waals surface area contributed by atoms with Gasteiger partial charge in [0.1, 0.15) is 0 Å². The second-order valence-electron chi connectivity index (χ2n) is 3.95. The molecule has 0 saturated heterocycles. The normalized spacial score (nSPS) is 14.1. The van der Waals surface area contributed by atoms with Crippen molar-refractivity contribution in [1.82, 2.24) is 0 Å². The van der Waals surface area contributed by atoms with Crippen LogP contribution in [-0.2, 0) is 10.8 Å². The van der Waals surface area contributed by atoms with Crippen molar-refractivity contribution in [2.45, 2.75) is 19.1 Å². The molecule has 0 aliphatic rings. The standard InChI is InChI=1S/C11H16N2O3S/c1-8-6-10(13(14)15)4-5-11(8)12-7-9(2)17(3)16/h4-6,9,12H,7H2,1-3H3. The molecule has 0 spiro atoms. The van der Waals surface area contributed by atoms with Gasteiger partial charge in [0.05, 0.1) is 4.92 Å². The van der Waals surface area contributed by atoms with Crippen molar-refractivity contribution in [1.29, 1.82) is 0 Å². The van der Waals surface area contributed by atoms with Gasteiger partial charge in [0.15, 0.2) is 0 Å². The highest BCUT2D eigenvalue weighted by molar-refractivity contribution is 7.84. The monoisotopic (exact) mass is 256 g/mol. The largest absolute Gasteiger partial charge is 0.384 e. The number of benzene rings is 1. The minimum Gasteiger partial charge on any atom is -0.384 e. The molecule has 6 heteroatoms.